The van der Waals surface area contributed by atoms with E-state index in [4.69, 9.17) is 10.5 Å². The Labute approximate surface area is 180 Å². The van der Waals surface area contributed by atoms with E-state index in [2.05, 4.69) is 15.4 Å². The molecule has 0 aliphatic heterocycles. The van der Waals surface area contributed by atoms with E-state index in [1.54, 1.807) is 30.5 Å². The van der Waals surface area contributed by atoms with Crippen molar-refractivity contribution in [1.82, 2.24) is 24.8 Å². The van der Waals surface area contributed by atoms with Gasteiger partial charge in [-0.2, -0.15) is 18.3 Å². The molecule has 8 nitrogen and oxygen atoms in total. The fourth-order valence-electron chi connectivity index (χ4n) is 3.10. The van der Waals surface area contributed by atoms with Crippen LogP contribution in [0.5, 0.6) is 0 Å². The average Bonchev–Trinajstić information content (AvgIpc) is 3.42. The molecule has 4 aromatic rings. The van der Waals surface area contributed by atoms with Crippen LogP contribution in [0.2, 0.25) is 0 Å². The summed E-state index contributed by atoms with van der Waals surface area (Å²) in [5, 5.41) is 11.9. The van der Waals surface area contributed by atoms with Gasteiger partial charge in [-0.3, -0.25) is 0 Å². The first kappa shape index (κ1) is 21.1. The van der Waals surface area contributed by atoms with E-state index in [-0.39, 0.29) is 12.3 Å². The van der Waals surface area contributed by atoms with E-state index in [1.165, 1.54) is 23.7 Å². The number of hydrogen-bond donors (Lipinski definition) is 1. The van der Waals surface area contributed by atoms with Crippen LogP contribution in [0.3, 0.4) is 0 Å². The van der Waals surface area contributed by atoms with E-state index >= 15 is 0 Å². The van der Waals surface area contributed by atoms with Crippen LogP contribution < -0.4 is 5.73 Å². The first-order valence-corrected chi connectivity index (χ1v) is 9.49. The Bertz CT molecular complexity index is 1240. The van der Waals surface area contributed by atoms with E-state index in [1.807, 2.05) is 12.1 Å². The lowest BCUT2D eigenvalue weighted by Gasteiger charge is -2.12. The van der Waals surface area contributed by atoms with Crippen molar-refractivity contribution in [3.8, 4) is 22.6 Å². The van der Waals surface area contributed by atoms with E-state index in [0.29, 0.717) is 21.8 Å². The number of ether oxygens (including phenoxy) is 1. The topological polar surface area (TPSA) is 101 Å². The molecule has 0 saturated carbocycles. The number of nitrogens with two attached hydrogens (primary N) is 1. The van der Waals surface area contributed by atoms with Gasteiger partial charge in [0.2, 0.25) is 0 Å². The third-order valence-corrected chi connectivity index (χ3v) is 4.59. The second-order valence-electron chi connectivity index (χ2n) is 6.72. The maximum atomic E-state index is 13.7. The summed E-state index contributed by atoms with van der Waals surface area (Å²) in [5.74, 6) is -1.08. The molecule has 11 heteroatoms. The summed E-state index contributed by atoms with van der Waals surface area (Å²) in [6.45, 7) is 1.46. The van der Waals surface area contributed by atoms with Gasteiger partial charge in [0.25, 0.3) is 0 Å². The van der Waals surface area contributed by atoms with Crippen LogP contribution in [0.1, 0.15) is 23.0 Å². The van der Waals surface area contributed by atoms with Gasteiger partial charge in [-0.05, 0) is 43.3 Å². The lowest BCUT2D eigenvalue weighted by Crippen LogP contribution is -2.18. The highest BCUT2D eigenvalue weighted by molar-refractivity contribution is 5.90. The zero-order valence-corrected chi connectivity index (χ0v) is 16.7. The number of carbonyl (C=O) groups excluding carboxylic acids is 1. The summed E-state index contributed by atoms with van der Waals surface area (Å²) in [6.07, 6.45) is -2.27. The Kier molecular flexibility index (Phi) is 5.39. The van der Waals surface area contributed by atoms with Crippen molar-refractivity contribution in [1.29, 1.82) is 0 Å². The molecule has 2 aromatic heterocycles. The number of esters is 1. The molecule has 2 heterocycles. The number of benzene rings is 2. The molecule has 0 aliphatic rings. The summed E-state index contributed by atoms with van der Waals surface area (Å²) in [4.78, 5) is 11.9. The summed E-state index contributed by atoms with van der Waals surface area (Å²) < 4.78 is 47.9. The largest absolute Gasteiger partial charge is 0.462 e. The van der Waals surface area contributed by atoms with Crippen LogP contribution in [-0.4, -0.2) is 37.4 Å². The molecule has 2 N–H and O–H groups in total. The SMILES string of the molecule is CCOC(=O)c1cnn(-c2ccc(-n3cc(-c4ccc(N)cc4)nn3)cc2)c1C(F)(F)F. The molecule has 0 radical (unpaired) electrons. The molecular formula is C21H17F3N6O2. The molecule has 0 amide bonds. The van der Waals surface area contributed by atoms with E-state index in [9.17, 15) is 18.0 Å². The van der Waals surface area contributed by atoms with Crippen LogP contribution in [-0.2, 0) is 10.9 Å². The summed E-state index contributed by atoms with van der Waals surface area (Å²) >= 11 is 0. The highest BCUT2D eigenvalue weighted by Crippen LogP contribution is 2.34. The molecule has 164 valence electrons. The molecule has 0 spiro atoms. The summed E-state index contributed by atoms with van der Waals surface area (Å²) in [6, 6.07) is 13.1. The Morgan fingerprint density at radius 1 is 1.06 bits per heavy atom. The van der Waals surface area contributed by atoms with Gasteiger partial charge >= 0.3 is 12.1 Å². The van der Waals surface area contributed by atoms with Gasteiger partial charge in [0.05, 0.1) is 30.4 Å². The van der Waals surface area contributed by atoms with Crippen molar-refractivity contribution in [2.45, 2.75) is 13.1 Å². The molecule has 0 saturated heterocycles. The first-order valence-electron chi connectivity index (χ1n) is 9.49. The fraction of sp³-hybridized carbons (Fsp3) is 0.143. The zero-order valence-electron chi connectivity index (χ0n) is 16.7. The first-order chi connectivity index (χ1) is 15.3. The highest BCUT2D eigenvalue weighted by atomic mass is 19.4. The van der Waals surface area contributed by atoms with Gasteiger partial charge in [-0.25, -0.2) is 14.2 Å². The molecule has 4 rings (SSSR count). The minimum atomic E-state index is -4.81. The molecule has 0 aliphatic carbocycles. The number of nitrogen functional groups attached to an aromatic ring is 1. The Morgan fingerprint density at radius 2 is 1.72 bits per heavy atom. The van der Waals surface area contributed by atoms with Crippen LogP contribution in [0, 0.1) is 0 Å². The smallest absolute Gasteiger partial charge is 0.434 e. The second kappa shape index (κ2) is 8.17. The quantitative estimate of drug-likeness (QED) is 0.372. The monoisotopic (exact) mass is 442 g/mol. The lowest BCUT2D eigenvalue weighted by molar-refractivity contribution is -0.143. The highest BCUT2D eigenvalue weighted by Gasteiger charge is 2.41. The molecule has 2 aromatic carbocycles. The number of alkyl halides is 3. The van der Waals surface area contributed by atoms with Crippen LogP contribution in [0.15, 0.2) is 60.9 Å². The van der Waals surface area contributed by atoms with Crippen molar-refractivity contribution in [3.63, 3.8) is 0 Å². The van der Waals surface area contributed by atoms with Gasteiger partial charge in [0.15, 0.2) is 5.69 Å². The van der Waals surface area contributed by atoms with Gasteiger partial charge in [-0.15, -0.1) is 5.10 Å². The third-order valence-electron chi connectivity index (χ3n) is 4.59. The molecule has 32 heavy (non-hydrogen) atoms. The van der Waals surface area contributed by atoms with E-state index in [0.717, 1.165) is 11.8 Å². The van der Waals surface area contributed by atoms with E-state index < -0.39 is 23.4 Å². The number of carbonyl (C=O) groups is 1. The Balaban J connectivity index is 1.65. The zero-order chi connectivity index (χ0) is 22.9. The van der Waals surface area contributed by atoms with Crippen molar-refractivity contribution in [2.75, 3.05) is 12.3 Å². The van der Waals surface area contributed by atoms with Gasteiger partial charge in [-0.1, -0.05) is 17.3 Å². The Morgan fingerprint density at radius 3 is 2.34 bits per heavy atom. The number of nitrogens with zero attached hydrogens (tertiary/aromatic N) is 5. The fourth-order valence-corrected chi connectivity index (χ4v) is 3.10. The molecule has 0 atom stereocenters. The predicted octanol–water partition coefficient (Wildman–Crippen LogP) is 3.90. The average molecular weight is 442 g/mol. The predicted molar refractivity (Wildman–Crippen MR) is 109 cm³/mol. The molecular weight excluding hydrogens is 425 g/mol. The third kappa shape index (κ3) is 4.04. The van der Waals surface area contributed by atoms with Crippen molar-refractivity contribution >= 4 is 11.7 Å². The number of rotatable bonds is 5. The minimum Gasteiger partial charge on any atom is -0.462 e. The molecule has 0 unspecified atom stereocenters. The normalized spacial score (nSPS) is 11.5. The summed E-state index contributed by atoms with van der Waals surface area (Å²) in [7, 11) is 0. The summed E-state index contributed by atoms with van der Waals surface area (Å²) in [5.41, 5.74) is 6.60. The van der Waals surface area contributed by atoms with Gasteiger partial charge in [0.1, 0.15) is 11.3 Å². The number of halogens is 3. The van der Waals surface area contributed by atoms with Crippen molar-refractivity contribution in [3.05, 3.63) is 72.2 Å². The molecule has 0 bridgehead atoms. The second-order valence-corrected chi connectivity index (χ2v) is 6.72. The minimum absolute atomic E-state index is 0.0493. The maximum absolute atomic E-state index is 13.7. The number of hydrogen-bond acceptors (Lipinski definition) is 6. The standard InChI is InChI=1S/C21H17F3N6O2/c1-2-32-20(31)17-11-26-30(19(17)21(22,23)24)16-9-7-15(8-10-16)29-12-18(27-28-29)13-3-5-14(25)6-4-13/h3-12H,2,25H2,1H3. The maximum Gasteiger partial charge on any atom is 0.434 e. The van der Waals surface area contributed by atoms with Gasteiger partial charge in [0, 0.05) is 11.3 Å². The van der Waals surface area contributed by atoms with Crippen molar-refractivity contribution < 1.29 is 22.7 Å². The Hall–Kier alpha value is -4.15. The number of anilines is 1. The van der Waals surface area contributed by atoms with Crippen molar-refractivity contribution in [2.24, 2.45) is 0 Å². The number of aromatic nitrogens is 5. The van der Waals surface area contributed by atoms with Gasteiger partial charge < -0.3 is 10.5 Å². The molecule has 0 fully saturated rings. The lowest BCUT2D eigenvalue weighted by atomic mass is 10.1. The van der Waals surface area contributed by atoms with Crippen LogP contribution in [0.4, 0.5) is 18.9 Å². The van der Waals surface area contributed by atoms with Crippen LogP contribution >= 0.6 is 0 Å². The van der Waals surface area contributed by atoms with Crippen LogP contribution in [0.25, 0.3) is 22.6 Å².